The summed E-state index contributed by atoms with van der Waals surface area (Å²) in [5, 5.41) is 0. The Morgan fingerprint density at radius 1 is 1.22 bits per heavy atom. The minimum absolute atomic E-state index is 0.712. The van der Waals surface area contributed by atoms with E-state index in [1.807, 2.05) is 12.1 Å². The SMILES string of the molecule is NNc1cccc(N2CCN3CCCCC3C2)n1. The van der Waals surface area contributed by atoms with Crippen molar-refractivity contribution in [2.24, 2.45) is 5.84 Å². The van der Waals surface area contributed by atoms with Gasteiger partial charge < -0.3 is 10.3 Å². The number of pyridine rings is 1. The Morgan fingerprint density at radius 2 is 2.17 bits per heavy atom. The average molecular weight is 247 g/mol. The average Bonchev–Trinajstić information content (AvgIpc) is 2.47. The number of piperazine rings is 1. The van der Waals surface area contributed by atoms with Crippen molar-refractivity contribution in [2.75, 3.05) is 36.5 Å². The molecule has 2 aliphatic heterocycles. The molecule has 1 aromatic heterocycles. The van der Waals surface area contributed by atoms with E-state index in [-0.39, 0.29) is 0 Å². The van der Waals surface area contributed by atoms with Gasteiger partial charge in [-0.1, -0.05) is 12.5 Å². The molecule has 0 radical (unpaired) electrons. The van der Waals surface area contributed by atoms with Crippen LogP contribution in [-0.2, 0) is 0 Å². The predicted molar refractivity (Wildman–Crippen MR) is 73.5 cm³/mol. The minimum atomic E-state index is 0.712. The molecule has 3 heterocycles. The highest BCUT2D eigenvalue weighted by molar-refractivity contribution is 5.47. The molecular formula is C13H21N5. The lowest BCUT2D eigenvalue weighted by Crippen LogP contribution is -2.55. The summed E-state index contributed by atoms with van der Waals surface area (Å²) in [6.07, 6.45) is 4.06. The van der Waals surface area contributed by atoms with Crippen molar-refractivity contribution in [1.29, 1.82) is 0 Å². The molecule has 2 aliphatic rings. The Bertz CT molecular complexity index is 408. The molecule has 3 N–H and O–H groups in total. The highest BCUT2D eigenvalue weighted by atomic mass is 15.3. The van der Waals surface area contributed by atoms with Gasteiger partial charge in [-0.15, -0.1) is 0 Å². The third kappa shape index (κ3) is 2.28. The first kappa shape index (κ1) is 11.7. The molecule has 98 valence electrons. The van der Waals surface area contributed by atoms with Gasteiger partial charge in [-0.3, -0.25) is 4.90 Å². The number of anilines is 2. The van der Waals surface area contributed by atoms with Crippen molar-refractivity contribution >= 4 is 11.6 Å². The monoisotopic (exact) mass is 247 g/mol. The molecule has 3 rings (SSSR count). The number of aromatic nitrogens is 1. The summed E-state index contributed by atoms with van der Waals surface area (Å²) in [5.74, 6) is 7.19. The van der Waals surface area contributed by atoms with E-state index in [0.717, 1.165) is 31.3 Å². The number of nitrogens with one attached hydrogen (secondary N) is 1. The molecule has 0 spiro atoms. The Hall–Kier alpha value is -1.33. The van der Waals surface area contributed by atoms with Crippen LogP contribution in [0.1, 0.15) is 19.3 Å². The van der Waals surface area contributed by atoms with Gasteiger partial charge in [0, 0.05) is 25.7 Å². The Balaban J connectivity index is 1.72. The normalized spacial score (nSPS) is 24.7. The molecule has 5 nitrogen and oxygen atoms in total. The maximum Gasteiger partial charge on any atom is 0.142 e. The molecule has 1 atom stereocenters. The van der Waals surface area contributed by atoms with Gasteiger partial charge in [-0.05, 0) is 31.5 Å². The molecule has 0 aromatic carbocycles. The van der Waals surface area contributed by atoms with Crippen LogP contribution in [0, 0.1) is 0 Å². The number of fused-ring (bicyclic) bond motifs is 1. The van der Waals surface area contributed by atoms with E-state index in [1.165, 1.54) is 25.8 Å². The molecule has 2 saturated heterocycles. The van der Waals surface area contributed by atoms with Crippen LogP contribution in [0.3, 0.4) is 0 Å². The highest BCUT2D eigenvalue weighted by Crippen LogP contribution is 2.24. The van der Waals surface area contributed by atoms with Gasteiger partial charge in [0.25, 0.3) is 0 Å². The van der Waals surface area contributed by atoms with Crippen LogP contribution in [-0.4, -0.2) is 42.1 Å². The second kappa shape index (κ2) is 5.12. The number of rotatable bonds is 2. The summed E-state index contributed by atoms with van der Waals surface area (Å²) in [4.78, 5) is 9.54. The third-order valence-corrected chi connectivity index (χ3v) is 4.04. The van der Waals surface area contributed by atoms with E-state index in [1.54, 1.807) is 0 Å². The zero-order valence-electron chi connectivity index (χ0n) is 10.7. The van der Waals surface area contributed by atoms with E-state index >= 15 is 0 Å². The van der Waals surface area contributed by atoms with Gasteiger partial charge in [-0.2, -0.15) is 0 Å². The highest BCUT2D eigenvalue weighted by Gasteiger charge is 2.29. The zero-order valence-corrected chi connectivity index (χ0v) is 10.7. The van der Waals surface area contributed by atoms with Gasteiger partial charge in [-0.25, -0.2) is 10.8 Å². The van der Waals surface area contributed by atoms with E-state index in [0.29, 0.717) is 6.04 Å². The standard InChI is InChI=1S/C13H21N5/c14-16-12-5-3-6-13(15-12)18-9-8-17-7-2-1-4-11(17)10-18/h3,5-6,11H,1-2,4,7-10,14H2,(H,15,16). The van der Waals surface area contributed by atoms with Crippen LogP contribution >= 0.6 is 0 Å². The lowest BCUT2D eigenvalue weighted by molar-refractivity contribution is 0.133. The molecular weight excluding hydrogens is 226 g/mol. The lowest BCUT2D eigenvalue weighted by Gasteiger charge is -2.44. The zero-order chi connectivity index (χ0) is 12.4. The molecule has 0 amide bonds. The second-order valence-corrected chi connectivity index (χ2v) is 5.16. The maximum atomic E-state index is 5.42. The molecule has 1 aromatic rings. The van der Waals surface area contributed by atoms with E-state index < -0.39 is 0 Å². The molecule has 18 heavy (non-hydrogen) atoms. The molecule has 0 aliphatic carbocycles. The van der Waals surface area contributed by atoms with Crippen LogP contribution in [0.4, 0.5) is 11.6 Å². The fraction of sp³-hybridized carbons (Fsp3) is 0.615. The molecule has 2 fully saturated rings. The first-order valence-electron chi connectivity index (χ1n) is 6.79. The largest absolute Gasteiger partial charge is 0.354 e. The van der Waals surface area contributed by atoms with E-state index in [9.17, 15) is 0 Å². The van der Waals surface area contributed by atoms with Gasteiger partial charge in [0.05, 0.1) is 0 Å². The van der Waals surface area contributed by atoms with Crippen molar-refractivity contribution in [3.8, 4) is 0 Å². The number of nitrogens with two attached hydrogens (primary N) is 1. The molecule has 5 heteroatoms. The Labute approximate surface area is 108 Å². The molecule has 0 saturated carbocycles. The summed E-state index contributed by atoms with van der Waals surface area (Å²) in [6.45, 7) is 4.60. The molecule has 0 bridgehead atoms. The van der Waals surface area contributed by atoms with Crippen molar-refractivity contribution in [2.45, 2.75) is 25.3 Å². The summed E-state index contributed by atoms with van der Waals surface area (Å²) >= 11 is 0. The summed E-state index contributed by atoms with van der Waals surface area (Å²) < 4.78 is 0. The first-order chi connectivity index (χ1) is 8.86. The Morgan fingerprint density at radius 3 is 3.06 bits per heavy atom. The van der Waals surface area contributed by atoms with Gasteiger partial charge in [0.2, 0.25) is 0 Å². The van der Waals surface area contributed by atoms with Gasteiger partial charge >= 0.3 is 0 Å². The van der Waals surface area contributed by atoms with E-state index in [4.69, 9.17) is 5.84 Å². The van der Waals surface area contributed by atoms with Gasteiger partial charge in [0.1, 0.15) is 11.6 Å². The van der Waals surface area contributed by atoms with Crippen LogP contribution < -0.4 is 16.2 Å². The smallest absolute Gasteiger partial charge is 0.142 e. The number of hydrogen-bond donors (Lipinski definition) is 2. The topological polar surface area (TPSA) is 57.4 Å². The first-order valence-corrected chi connectivity index (χ1v) is 6.79. The lowest BCUT2D eigenvalue weighted by atomic mass is 9.99. The summed E-state index contributed by atoms with van der Waals surface area (Å²) in [7, 11) is 0. The van der Waals surface area contributed by atoms with Gasteiger partial charge in [0.15, 0.2) is 0 Å². The summed E-state index contributed by atoms with van der Waals surface area (Å²) in [6, 6.07) is 6.67. The quantitative estimate of drug-likeness (QED) is 0.604. The van der Waals surface area contributed by atoms with Crippen LogP contribution in [0.5, 0.6) is 0 Å². The van der Waals surface area contributed by atoms with Crippen LogP contribution in [0.15, 0.2) is 18.2 Å². The second-order valence-electron chi connectivity index (χ2n) is 5.16. The minimum Gasteiger partial charge on any atom is -0.354 e. The summed E-state index contributed by atoms with van der Waals surface area (Å²) in [5.41, 5.74) is 2.61. The fourth-order valence-electron chi connectivity index (χ4n) is 3.04. The number of nitrogens with zero attached hydrogens (tertiary/aromatic N) is 3. The van der Waals surface area contributed by atoms with Crippen molar-refractivity contribution in [1.82, 2.24) is 9.88 Å². The maximum absolute atomic E-state index is 5.42. The van der Waals surface area contributed by atoms with Crippen LogP contribution in [0.2, 0.25) is 0 Å². The van der Waals surface area contributed by atoms with Crippen molar-refractivity contribution in [3.63, 3.8) is 0 Å². The number of hydrogen-bond acceptors (Lipinski definition) is 5. The van der Waals surface area contributed by atoms with Crippen molar-refractivity contribution < 1.29 is 0 Å². The third-order valence-electron chi connectivity index (χ3n) is 4.04. The van der Waals surface area contributed by atoms with Crippen molar-refractivity contribution in [3.05, 3.63) is 18.2 Å². The Kier molecular flexibility index (Phi) is 3.34. The predicted octanol–water partition coefficient (Wildman–Crippen LogP) is 1.04. The van der Waals surface area contributed by atoms with Crippen LogP contribution in [0.25, 0.3) is 0 Å². The molecule has 1 unspecified atom stereocenters. The number of hydrazine groups is 1. The van der Waals surface area contributed by atoms with E-state index in [2.05, 4.69) is 26.3 Å². The fourth-order valence-corrected chi connectivity index (χ4v) is 3.04. The number of piperidine rings is 1. The number of nitrogen functional groups attached to an aromatic ring is 1.